The number of aliphatic hydroxyl groups is 2. The molecule has 0 aliphatic heterocycles. The van der Waals surface area contributed by atoms with Gasteiger partial charge in [-0.1, -0.05) is 26.0 Å². The van der Waals surface area contributed by atoms with Gasteiger partial charge < -0.3 is 20.1 Å². The van der Waals surface area contributed by atoms with Crippen LogP contribution in [0.4, 0.5) is 0 Å². The molecule has 1 aliphatic rings. The Hall–Kier alpha value is -2.44. The molecule has 3 rings (SSSR count). The number of phenolic OH excluding ortho intramolecular Hbond substituents is 1. The van der Waals surface area contributed by atoms with Gasteiger partial charge in [-0.15, -0.1) is 0 Å². The van der Waals surface area contributed by atoms with Crippen LogP contribution in [-0.2, 0) is 15.1 Å². The number of rotatable bonds is 4. The quantitative estimate of drug-likeness (QED) is 0.681. The Kier molecular flexibility index (Phi) is 5.00. The summed E-state index contributed by atoms with van der Waals surface area (Å²) in [6.45, 7) is 6.82. The second kappa shape index (κ2) is 6.82. The molecule has 2 atom stereocenters. The molecule has 156 valence electrons. The highest BCUT2D eigenvalue weighted by Crippen LogP contribution is 2.55. The van der Waals surface area contributed by atoms with Gasteiger partial charge in [0.25, 0.3) is 0 Å². The summed E-state index contributed by atoms with van der Waals surface area (Å²) in [5.74, 6) is -1.38. The highest BCUT2D eigenvalue weighted by Gasteiger charge is 2.70. The van der Waals surface area contributed by atoms with E-state index in [1.54, 1.807) is 18.2 Å². The monoisotopic (exact) mass is 400 g/mol. The van der Waals surface area contributed by atoms with Gasteiger partial charge in [0.05, 0.1) is 12.5 Å². The topological polar surface area (TPSA) is 104 Å². The van der Waals surface area contributed by atoms with Crippen LogP contribution in [0.25, 0.3) is 10.8 Å². The lowest BCUT2D eigenvalue weighted by molar-refractivity contribution is -0.227. The molecule has 0 unspecified atom stereocenters. The lowest BCUT2D eigenvalue weighted by atomic mass is 9.54. The number of hydrogen-bond donors (Lipinski definition) is 3. The van der Waals surface area contributed by atoms with Gasteiger partial charge in [-0.25, -0.2) is 4.79 Å². The third kappa shape index (κ3) is 2.77. The number of fused-ring (bicyclic) bond motifs is 2. The first-order valence-corrected chi connectivity index (χ1v) is 9.76. The number of phenols is 1. The van der Waals surface area contributed by atoms with Crippen molar-refractivity contribution in [1.29, 1.82) is 0 Å². The van der Waals surface area contributed by atoms with E-state index in [2.05, 4.69) is 0 Å². The molecule has 6 heteroatoms. The first-order valence-electron chi connectivity index (χ1n) is 9.76. The van der Waals surface area contributed by atoms with Crippen molar-refractivity contribution in [2.45, 2.75) is 51.7 Å². The minimum absolute atomic E-state index is 0.0181. The number of methoxy groups -OCH3 is 1. The largest absolute Gasteiger partial charge is 0.507 e. The maximum absolute atomic E-state index is 13.4. The van der Waals surface area contributed by atoms with Crippen molar-refractivity contribution in [3.05, 3.63) is 41.5 Å². The average molecular weight is 400 g/mol. The van der Waals surface area contributed by atoms with Crippen molar-refractivity contribution >= 4 is 22.5 Å². The lowest BCUT2D eigenvalue weighted by Crippen LogP contribution is -2.70. The number of ether oxygens (including phenoxy) is 1. The molecule has 1 aliphatic carbocycles. The highest BCUT2D eigenvalue weighted by molar-refractivity contribution is 6.11. The summed E-state index contributed by atoms with van der Waals surface area (Å²) < 4.78 is 4.85. The van der Waals surface area contributed by atoms with Crippen LogP contribution in [0.3, 0.4) is 0 Å². The van der Waals surface area contributed by atoms with Gasteiger partial charge >= 0.3 is 5.97 Å². The molecule has 0 heterocycles. The zero-order valence-corrected chi connectivity index (χ0v) is 17.4. The molecule has 0 radical (unpaired) electrons. The van der Waals surface area contributed by atoms with Crippen molar-refractivity contribution < 1.29 is 29.6 Å². The molecule has 29 heavy (non-hydrogen) atoms. The van der Waals surface area contributed by atoms with Crippen molar-refractivity contribution in [3.8, 4) is 5.75 Å². The number of hydrogen-bond acceptors (Lipinski definition) is 6. The SMILES string of the molecule is COC(=O)[C@@]1(O)C(C)(C)C(=O)c2cc3cccc(O)c3cc2[C@]1(O)CCC(C)C. The fourth-order valence-electron chi connectivity index (χ4n) is 4.44. The third-order valence-electron chi connectivity index (χ3n) is 6.32. The minimum Gasteiger partial charge on any atom is -0.507 e. The molecule has 0 aromatic heterocycles. The van der Waals surface area contributed by atoms with Gasteiger partial charge in [-0.3, -0.25) is 4.79 Å². The van der Waals surface area contributed by atoms with E-state index in [-0.39, 0.29) is 29.2 Å². The molecule has 0 saturated heterocycles. The Balaban J connectivity index is 2.42. The Bertz CT molecular complexity index is 992. The summed E-state index contributed by atoms with van der Waals surface area (Å²) in [6, 6.07) is 8.03. The van der Waals surface area contributed by atoms with Crippen molar-refractivity contribution in [1.82, 2.24) is 0 Å². The van der Waals surface area contributed by atoms with Crippen molar-refractivity contribution in [2.24, 2.45) is 11.3 Å². The van der Waals surface area contributed by atoms with Gasteiger partial charge in [-0.05, 0) is 61.8 Å². The summed E-state index contributed by atoms with van der Waals surface area (Å²) in [6.07, 6.45) is 0.539. The van der Waals surface area contributed by atoms with Crippen molar-refractivity contribution in [3.63, 3.8) is 0 Å². The fourth-order valence-corrected chi connectivity index (χ4v) is 4.44. The highest BCUT2D eigenvalue weighted by atomic mass is 16.5. The normalized spacial score (nSPS) is 25.9. The van der Waals surface area contributed by atoms with Crippen LogP contribution in [0.15, 0.2) is 30.3 Å². The summed E-state index contributed by atoms with van der Waals surface area (Å²) in [7, 11) is 1.12. The number of carbonyl (C=O) groups is 2. The summed E-state index contributed by atoms with van der Waals surface area (Å²) in [5, 5.41) is 34.9. The van der Waals surface area contributed by atoms with Gasteiger partial charge in [0, 0.05) is 10.9 Å². The van der Waals surface area contributed by atoms with E-state index in [0.29, 0.717) is 17.2 Å². The number of benzene rings is 2. The van der Waals surface area contributed by atoms with Gasteiger partial charge in [0.15, 0.2) is 5.78 Å². The molecule has 0 amide bonds. The number of Topliss-reactive ketones (excluding diaryl/α,β-unsaturated/α-hetero) is 1. The maximum atomic E-state index is 13.4. The average Bonchev–Trinajstić information content (AvgIpc) is 2.68. The second-order valence-corrected chi connectivity index (χ2v) is 8.84. The van der Waals surface area contributed by atoms with Crippen LogP contribution in [0.1, 0.15) is 56.5 Å². The molecule has 0 saturated carbocycles. The van der Waals surface area contributed by atoms with Crippen LogP contribution in [0.5, 0.6) is 5.75 Å². The zero-order valence-electron chi connectivity index (χ0n) is 17.4. The van der Waals surface area contributed by atoms with Gasteiger partial charge in [0.2, 0.25) is 5.60 Å². The Morgan fingerprint density at radius 2 is 1.83 bits per heavy atom. The van der Waals surface area contributed by atoms with E-state index in [9.17, 15) is 24.9 Å². The van der Waals surface area contributed by atoms with E-state index in [0.717, 1.165) is 7.11 Å². The fraction of sp³-hybridized carbons (Fsp3) is 0.478. The van der Waals surface area contributed by atoms with Crippen LogP contribution < -0.4 is 0 Å². The maximum Gasteiger partial charge on any atom is 0.342 e. The van der Waals surface area contributed by atoms with Gasteiger partial charge in [-0.2, -0.15) is 0 Å². The lowest BCUT2D eigenvalue weighted by Gasteiger charge is -2.53. The molecule has 2 aromatic rings. The van der Waals surface area contributed by atoms with E-state index in [4.69, 9.17) is 4.74 Å². The smallest absolute Gasteiger partial charge is 0.342 e. The van der Waals surface area contributed by atoms with Crippen molar-refractivity contribution in [2.75, 3.05) is 7.11 Å². The number of esters is 1. The van der Waals surface area contributed by atoms with E-state index >= 15 is 0 Å². The van der Waals surface area contributed by atoms with E-state index in [1.165, 1.54) is 26.0 Å². The Morgan fingerprint density at radius 1 is 1.17 bits per heavy atom. The molecule has 0 bridgehead atoms. The third-order valence-corrected chi connectivity index (χ3v) is 6.32. The standard InChI is InChI=1S/C23H28O6/c1-13(2)9-10-22(27)17-12-15-14(7-6-8-18(15)24)11-16(17)19(25)21(3,4)23(22,28)20(26)29-5/h6-8,11-13,24,27-28H,9-10H2,1-5H3/t22-,23-/m1/s1. The summed E-state index contributed by atoms with van der Waals surface area (Å²) in [5.41, 5.74) is -5.85. The zero-order chi connectivity index (χ0) is 21.8. The predicted octanol–water partition coefficient (Wildman–Crippen LogP) is 3.30. The summed E-state index contributed by atoms with van der Waals surface area (Å²) in [4.78, 5) is 26.2. The van der Waals surface area contributed by atoms with Crippen LogP contribution in [0, 0.1) is 11.3 Å². The Morgan fingerprint density at radius 3 is 2.41 bits per heavy atom. The van der Waals surface area contributed by atoms with Gasteiger partial charge in [0.1, 0.15) is 11.4 Å². The first-order chi connectivity index (χ1) is 13.4. The van der Waals surface area contributed by atoms with Crippen LogP contribution in [0.2, 0.25) is 0 Å². The number of ketones is 1. The molecule has 0 spiro atoms. The Labute approximate surface area is 170 Å². The van der Waals surface area contributed by atoms with E-state index in [1.807, 2.05) is 13.8 Å². The van der Waals surface area contributed by atoms with E-state index < -0.39 is 28.4 Å². The molecule has 0 fully saturated rings. The first kappa shape index (κ1) is 21.3. The minimum atomic E-state index is -2.49. The molecule has 2 aromatic carbocycles. The predicted molar refractivity (Wildman–Crippen MR) is 109 cm³/mol. The number of carbonyl (C=O) groups excluding carboxylic acids is 2. The molecular formula is C23H28O6. The summed E-state index contributed by atoms with van der Waals surface area (Å²) >= 11 is 0. The van der Waals surface area contributed by atoms with Crippen LogP contribution >= 0.6 is 0 Å². The molecule has 6 nitrogen and oxygen atoms in total. The second-order valence-electron chi connectivity index (χ2n) is 8.84. The molecule has 3 N–H and O–H groups in total. The molecular weight excluding hydrogens is 372 g/mol. The number of aromatic hydroxyl groups is 1. The van der Waals surface area contributed by atoms with Crippen LogP contribution in [-0.4, -0.2) is 39.8 Å².